The van der Waals surface area contributed by atoms with E-state index in [1.54, 1.807) is 24.3 Å². The average molecular weight is 541 g/mol. The maximum atomic E-state index is 12.8. The van der Waals surface area contributed by atoms with Crippen LogP contribution >= 0.6 is 11.6 Å². The van der Waals surface area contributed by atoms with Crippen molar-refractivity contribution in [3.05, 3.63) is 106 Å². The fourth-order valence-electron chi connectivity index (χ4n) is 3.96. The first kappa shape index (κ1) is 27.2. The van der Waals surface area contributed by atoms with Gasteiger partial charge in [0.15, 0.2) is 11.5 Å². The monoisotopic (exact) mass is 540 g/mol. The van der Waals surface area contributed by atoms with Crippen LogP contribution in [-0.2, 0) is 16.1 Å². The molecule has 4 aromatic rings. The van der Waals surface area contributed by atoms with Gasteiger partial charge in [0, 0.05) is 5.69 Å². The molecule has 0 aliphatic heterocycles. The Morgan fingerprint density at radius 1 is 1.00 bits per heavy atom. The van der Waals surface area contributed by atoms with E-state index < -0.39 is 11.9 Å². The Hall–Kier alpha value is -4.80. The molecule has 0 heterocycles. The van der Waals surface area contributed by atoms with Gasteiger partial charge in [0.2, 0.25) is 0 Å². The SMILES string of the molecule is CCOc1cc(/C=C(\C#N)C(=O)Nc2ccc(C(=O)OC)cc2)cc(Cl)c1OCc1cccc2ccccc12. The maximum absolute atomic E-state index is 12.8. The largest absolute Gasteiger partial charge is 0.490 e. The van der Waals surface area contributed by atoms with Crippen LogP contribution in [0.2, 0.25) is 5.02 Å². The third-order valence-electron chi connectivity index (χ3n) is 5.82. The van der Waals surface area contributed by atoms with Gasteiger partial charge in [-0.25, -0.2) is 4.79 Å². The molecule has 0 atom stereocenters. The number of ether oxygens (including phenoxy) is 3. The standard InChI is InChI=1S/C31H25ClN2O5/c1-3-38-28-17-20(15-24(18-33)30(35)34-25-13-11-22(12-14-25)31(36)37-2)16-27(32)29(28)39-19-23-9-6-8-21-7-4-5-10-26(21)23/h4-17H,3,19H2,1-2H3,(H,34,35)/b24-15+. The number of hydrogen-bond donors (Lipinski definition) is 1. The molecular formula is C31H25ClN2O5. The number of hydrogen-bond acceptors (Lipinski definition) is 6. The van der Waals surface area contributed by atoms with Crippen LogP contribution in [0.1, 0.15) is 28.4 Å². The van der Waals surface area contributed by atoms with Crippen LogP contribution < -0.4 is 14.8 Å². The molecule has 0 aliphatic rings. The summed E-state index contributed by atoms with van der Waals surface area (Å²) in [5.41, 5.74) is 2.11. The number of amides is 1. The summed E-state index contributed by atoms with van der Waals surface area (Å²) < 4.78 is 16.6. The van der Waals surface area contributed by atoms with E-state index in [1.807, 2.05) is 55.5 Å². The number of carbonyl (C=O) groups is 2. The van der Waals surface area contributed by atoms with E-state index >= 15 is 0 Å². The molecule has 0 saturated heterocycles. The minimum absolute atomic E-state index is 0.144. The summed E-state index contributed by atoms with van der Waals surface area (Å²) in [5, 5.41) is 14.8. The van der Waals surface area contributed by atoms with E-state index in [1.165, 1.54) is 25.3 Å². The van der Waals surface area contributed by atoms with Crippen molar-refractivity contribution in [3.8, 4) is 17.6 Å². The smallest absolute Gasteiger partial charge is 0.337 e. The fraction of sp³-hybridized carbons (Fsp3) is 0.129. The minimum atomic E-state index is -0.617. The summed E-state index contributed by atoms with van der Waals surface area (Å²) in [4.78, 5) is 24.4. The molecule has 0 unspecified atom stereocenters. The zero-order valence-electron chi connectivity index (χ0n) is 21.4. The van der Waals surface area contributed by atoms with Gasteiger partial charge in [-0.3, -0.25) is 4.79 Å². The molecule has 4 rings (SSSR count). The summed E-state index contributed by atoms with van der Waals surface area (Å²) >= 11 is 6.59. The lowest BCUT2D eigenvalue weighted by Crippen LogP contribution is -2.13. The van der Waals surface area contributed by atoms with Gasteiger partial charge in [-0.15, -0.1) is 0 Å². The zero-order chi connectivity index (χ0) is 27.8. The highest BCUT2D eigenvalue weighted by molar-refractivity contribution is 6.32. The number of nitrogens with zero attached hydrogens (tertiary/aromatic N) is 1. The van der Waals surface area contributed by atoms with Crippen LogP contribution in [0.25, 0.3) is 16.8 Å². The van der Waals surface area contributed by atoms with Crippen LogP contribution in [0, 0.1) is 11.3 Å². The number of carbonyl (C=O) groups excluding carboxylic acids is 2. The second kappa shape index (κ2) is 12.6. The summed E-state index contributed by atoms with van der Waals surface area (Å²) in [7, 11) is 1.29. The first-order chi connectivity index (χ1) is 18.9. The first-order valence-corrected chi connectivity index (χ1v) is 12.5. The van der Waals surface area contributed by atoms with Gasteiger partial charge >= 0.3 is 5.97 Å². The van der Waals surface area contributed by atoms with E-state index in [9.17, 15) is 14.9 Å². The molecule has 39 heavy (non-hydrogen) atoms. The number of esters is 1. The van der Waals surface area contributed by atoms with Crippen LogP contribution in [-0.4, -0.2) is 25.6 Å². The van der Waals surface area contributed by atoms with Gasteiger partial charge in [0.1, 0.15) is 18.2 Å². The Kier molecular flexibility index (Phi) is 8.82. The number of benzene rings is 4. The first-order valence-electron chi connectivity index (χ1n) is 12.1. The second-order valence-electron chi connectivity index (χ2n) is 8.38. The highest BCUT2D eigenvalue weighted by atomic mass is 35.5. The van der Waals surface area contributed by atoms with Crippen molar-refractivity contribution in [1.82, 2.24) is 0 Å². The molecule has 0 fully saturated rings. The highest BCUT2D eigenvalue weighted by Crippen LogP contribution is 2.38. The van der Waals surface area contributed by atoms with Crippen molar-refractivity contribution < 1.29 is 23.8 Å². The summed E-state index contributed by atoms with van der Waals surface area (Å²) in [6, 6.07) is 25.4. The Morgan fingerprint density at radius 2 is 1.74 bits per heavy atom. The third kappa shape index (κ3) is 6.56. The van der Waals surface area contributed by atoms with Gasteiger partial charge in [-0.05, 0) is 71.3 Å². The van der Waals surface area contributed by atoms with Crippen LogP contribution in [0.15, 0.2) is 84.4 Å². The Labute approximate surface area is 231 Å². The predicted molar refractivity (Wildman–Crippen MR) is 151 cm³/mol. The molecule has 0 bridgehead atoms. The van der Waals surface area contributed by atoms with Gasteiger partial charge in [0.05, 0.1) is 24.3 Å². The molecule has 0 aliphatic carbocycles. The molecule has 1 amide bonds. The van der Waals surface area contributed by atoms with E-state index in [0.717, 1.165) is 16.3 Å². The van der Waals surface area contributed by atoms with Gasteiger partial charge in [-0.2, -0.15) is 5.26 Å². The lowest BCUT2D eigenvalue weighted by atomic mass is 10.1. The fourth-order valence-corrected chi connectivity index (χ4v) is 4.24. The number of nitriles is 1. The summed E-state index contributed by atoms with van der Waals surface area (Å²) in [6.45, 7) is 2.47. The van der Waals surface area contributed by atoms with Crippen molar-refractivity contribution in [2.24, 2.45) is 0 Å². The second-order valence-corrected chi connectivity index (χ2v) is 8.79. The van der Waals surface area contributed by atoms with Crippen LogP contribution in [0.3, 0.4) is 0 Å². The number of fused-ring (bicyclic) bond motifs is 1. The maximum Gasteiger partial charge on any atom is 0.337 e. The predicted octanol–water partition coefficient (Wildman–Crippen LogP) is 6.80. The van der Waals surface area contributed by atoms with Crippen molar-refractivity contribution in [2.45, 2.75) is 13.5 Å². The van der Waals surface area contributed by atoms with Gasteiger partial charge in [0.25, 0.3) is 5.91 Å². The Balaban J connectivity index is 1.55. The number of halogens is 1. The molecule has 8 heteroatoms. The molecule has 0 spiro atoms. The summed E-state index contributed by atoms with van der Waals surface area (Å²) in [6.07, 6.45) is 1.42. The lowest BCUT2D eigenvalue weighted by Gasteiger charge is -2.15. The number of nitrogens with one attached hydrogen (secondary N) is 1. The van der Waals surface area contributed by atoms with E-state index in [-0.39, 0.29) is 17.2 Å². The molecule has 0 aromatic heterocycles. The minimum Gasteiger partial charge on any atom is -0.490 e. The van der Waals surface area contributed by atoms with E-state index in [2.05, 4.69) is 10.1 Å². The van der Waals surface area contributed by atoms with Crippen LogP contribution in [0.5, 0.6) is 11.5 Å². The number of rotatable bonds is 9. The molecular weight excluding hydrogens is 516 g/mol. The molecule has 7 nitrogen and oxygen atoms in total. The lowest BCUT2D eigenvalue weighted by molar-refractivity contribution is -0.112. The molecule has 196 valence electrons. The number of methoxy groups -OCH3 is 1. The van der Waals surface area contributed by atoms with Crippen LogP contribution in [0.4, 0.5) is 5.69 Å². The summed E-state index contributed by atoms with van der Waals surface area (Å²) in [5.74, 6) is -0.337. The Morgan fingerprint density at radius 3 is 2.46 bits per heavy atom. The third-order valence-corrected chi connectivity index (χ3v) is 6.10. The topological polar surface area (TPSA) is 97.7 Å². The van der Waals surface area contributed by atoms with Crippen molar-refractivity contribution in [3.63, 3.8) is 0 Å². The van der Waals surface area contributed by atoms with Crippen molar-refractivity contribution in [2.75, 3.05) is 19.0 Å². The average Bonchev–Trinajstić information content (AvgIpc) is 2.95. The quantitative estimate of drug-likeness (QED) is 0.142. The molecule has 1 N–H and O–H groups in total. The van der Waals surface area contributed by atoms with E-state index in [0.29, 0.717) is 34.9 Å². The Bertz CT molecular complexity index is 1580. The molecule has 4 aromatic carbocycles. The molecule has 0 radical (unpaired) electrons. The van der Waals surface area contributed by atoms with E-state index in [4.69, 9.17) is 21.1 Å². The molecule has 0 saturated carbocycles. The van der Waals surface area contributed by atoms with Crippen molar-refractivity contribution >= 4 is 46.0 Å². The number of anilines is 1. The zero-order valence-corrected chi connectivity index (χ0v) is 22.1. The van der Waals surface area contributed by atoms with Crippen molar-refractivity contribution in [1.29, 1.82) is 5.26 Å². The highest BCUT2D eigenvalue weighted by Gasteiger charge is 2.16. The normalized spacial score (nSPS) is 11.0. The van der Waals surface area contributed by atoms with Gasteiger partial charge < -0.3 is 19.5 Å². The van der Waals surface area contributed by atoms with Gasteiger partial charge in [-0.1, -0.05) is 54.1 Å².